The van der Waals surface area contributed by atoms with E-state index < -0.39 is 25.7 Å². The van der Waals surface area contributed by atoms with Gasteiger partial charge in [0.25, 0.3) is 20.2 Å². The van der Waals surface area contributed by atoms with E-state index in [0.29, 0.717) is 24.9 Å². The van der Waals surface area contributed by atoms with Crippen molar-refractivity contribution >= 4 is 43.0 Å². The number of nitrogens with zero attached hydrogens (tertiary/aromatic N) is 3. The molecule has 2 aliphatic heterocycles. The number of rotatable bonds is 10. The summed E-state index contributed by atoms with van der Waals surface area (Å²) >= 11 is 0. The fraction of sp³-hybridized carbons (Fsp3) is 0.367. The van der Waals surface area contributed by atoms with Crippen LogP contribution in [0.5, 0.6) is 0 Å². The van der Waals surface area contributed by atoms with Gasteiger partial charge in [-0.3, -0.25) is 14.1 Å². The normalized spacial score (nSPS) is 17.6. The van der Waals surface area contributed by atoms with Gasteiger partial charge in [-0.05, 0) is 56.2 Å². The van der Waals surface area contributed by atoms with Crippen molar-refractivity contribution in [1.29, 1.82) is 5.26 Å². The molecule has 0 fully saturated rings. The van der Waals surface area contributed by atoms with E-state index in [1.54, 1.807) is 12.1 Å². The Kier molecular flexibility index (Phi) is 8.26. The van der Waals surface area contributed by atoms with Gasteiger partial charge in [-0.15, -0.1) is 0 Å². The second-order valence-electron chi connectivity index (χ2n) is 11.3. The number of nitriles is 1. The molecular formula is C30H34N3O6S2+. The lowest BCUT2D eigenvalue weighted by atomic mass is 9.80. The lowest BCUT2D eigenvalue weighted by molar-refractivity contribution is -0.438. The molecule has 11 heteroatoms. The van der Waals surface area contributed by atoms with E-state index in [1.807, 2.05) is 54.9 Å². The van der Waals surface area contributed by atoms with E-state index in [1.165, 1.54) is 12.1 Å². The molecule has 0 saturated heterocycles. The summed E-state index contributed by atoms with van der Waals surface area (Å²) in [6.45, 7) is 8.57. The number of aliphatic imine (C=N–C) groups is 1. The SMILES string of the molecule is CC1(C)C(C/C=C/C=C/C2=[N+](CCCCS(=O)(=O)O)c3ccc(S(=O)(=O)O)cc3C2(C)C)=Nc2ccc(C#N)cc21. The molecule has 0 saturated carbocycles. The molecule has 2 aliphatic rings. The molecule has 0 atom stereocenters. The molecular weight excluding hydrogens is 562 g/mol. The van der Waals surface area contributed by atoms with Crippen LogP contribution in [0, 0.1) is 11.3 Å². The number of fused-ring (bicyclic) bond motifs is 2. The summed E-state index contributed by atoms with van der Waals surface area (Å²) in [7, 11) is -8.45. The first kappa shape index (κ1) is 30.5. The van der Waals surface area contributed by atoms with Crippen LogP contribution < -0.4 is 0 Å². The van der Waals surface area contributed by atoms with Gasteiger partial charge in [0.2, 0.25) is 5.69 Å². The largest absolute Gasteiger partial charge is 0.294 e. The average Bonchev–Trinajstić information content (AvgIpc) is 3.26. The Morgan fingerprint density at radius 3 is 2.34 bits per heavy atom. The third kappa shape index (κ3) is 6.41. The molecule has 9 nitrogen and oxygen atoms in total. The molecule has 4 rings (SSSR count). The van der Waals surface area contributed by atoms with Crippen molar-refractivity contribution in [2.45, 2.75) is 62.7 Å². The smallest absolute Gasteiger partial charge is 0.286 e. The summed E-state index contributed by atoms with van der Waals surface area (Å²) in [4.78, 5) is 4.60. The van der Waals surface area contributed by atoms with Crippen molar-refractivity contribution in [3.63, 3.8) is 0 Å². The molecule has 0 bridgehead atoms. The molecule has 2 aromatic rings. The van der Waals surface area contributed by atoms with Crippen molar-refractivity contribution in [2.24, 2.45) is 4.99 Å². The summed E-state index contributed by atoms with van der Waals surface area (Å²) in [5.74, 6) is -0.339. The van der Waals surface area contributed by atoms with Gasteiger partial charge in [-0.2, -0.15) is 26.7 Å². The monoisotopic (exact) mass is 596 g/mol. The van der Waals surface area contributed by atoms with Gasteiger partial charge in [0.15, 0.2) is 5.71 Å². The van der Waals surface area contributed by atoms with Gasteiger partial charge >= 0.3 is 0 Å². The van der Waals surface area contributed by atoms with Crippen LogP contribution in [-0.4, -0.2) is 54.2 Å². The topological polar surface area (TPSA) is 148 Å². The van der Waals surface area contributed by atoms with Crippen LogP contribution in [0.15, 0.2) is 70.6 Å². The van der Waals surface area contributed by atoms with Crippen LogP contribution >= 0.6 is 0 Å². The highest BCUT2D eigenvalue weighted by Crippen LogP contribution is 2.42. The summed E-state index contributed by atoms with van der Waals surface area (Å²) in [6.07, 6.45) is 9.14. The predicted molar refractivity (Wildman–Crippen MR) is 159 cm³/mol. The zero-order valence-corrected chi connectivity index (χ0v) is 25.1. The maximum Gasteiger partial charge on any atom is 0.294 e. The molecule has 0 radical (unpaired) electrons. The van der Waals surface area contributed by atoms with E-state index in [2.05, 4.69) is 19.9 Å². The fourth-order valence-corrected chi connectivity index (χ4v) is 6.54. The first-order chi connectivity index (χ1) is 19.1. The van der Waals surface area contributed by atoms with Crippen molar-refractivity contribution in [3.05, 3.63) is 77.4 Å². The Morgan fingerprint density at radius 1 is 0.951 bits per heavy atom. The summed E-state index contributed by atoms with van der Waals surface area (Å²) in [5.41, 5.74) is 4.98. The summed E-state index contributed by atoms with van der Waals surface area (Å²) in [6, 6.07) is 12.2. The first-order valence-electron chi connectivity index (χ1n) is 13.2. The number of unbranched alkanes of at least 4 members (excludes halogenated alkanes) is 1. The van der Waals surface area contributed by atoms with E-state index in [0.717, 1.165) is 33.9 Å². The summed E-state index contributed by atoms with van der Waals surface area (Å²) < 4.78 is 66.7. The van der Waals surface area contributed by atoms with Crippen molar-refractivity contribution in [3.8, 4) is 6.07 Å². The van der Waals surface area contributed by atoms with Gasteiger partial charge in [0, 0.05) is 41.7 Å². The number of hydrogen-bond donors (Lipinski definition) is 2. The van der Waals surface area contributed by atoms with E-state index in [9.17, 15) is 26.7 Å². The Bertz CT molecular complexity index is 1770. The molecule has 0 aliphatic carbocycles. The Labute approximate surface area is 241 Å². The van der Waals surface area contributed by atoms with Crippen LogP contribution in [0.1, 0.15) is 63.6 Å². The Hall–Kier alpha value is -3.43. The highest BCUT2D eigenvalue weighted by atomic mass is 32.2. The van der Waals surface area contributed by atoms with Crippen molar-refractivity contribution in [2.75, 3.05) is 12.3 Å². The minimum Gasteiger partial charge on any atom is -0.286 e. The number of hydrogen-bond acceptors (Lipinski definition) is 6. The molecule has 0 unspecified atom stereocenters. The molecule has 0 aromatic heterocycles. The average molecular weight is 597 g/mol. The summed E-state index contributed by atoms with van der Waals surface area (Å²) in [5, 5.41) is 9.27. The van der Waals surface area contributed by atoms with E-state index in [4.69, 9.17) is 9.55 Å². The zero-order valence-electron chi connectivity index (χ0n) is 23.5. The third-order valence-corrected chi connectivity index (χ3v) is 9.44. The predicted octanol–water partition coefficient (Wildman–Crippen LogP) is 5.42. The minimum atomic E-state index is -4.39. The molecule has 0 spiro atoms. The van der Waals surface area contributed by atoms with Gasteiger partial charge < -0.3 is 0 Å². The third-order valence-electron chi connectivity index (χ3n) is 7.78. The zero-order chi connectivity index (χ0) is 30.2. The molecule has 216 valence electrons. The quantitative estimate of drug-likeness (QED) is 0.161. The van der Waals surface area contributed by atoms with Crippen LogP contribution in [0.2, 0.25) is 0 Å². The molecule has 41 heavy (non-hydrogen) atoms. The lowest BCUT2D eigenvalue weighted by Gasteiger charge is -2.21. The second kappa shape index (κ2) is 11.1. The van der Waals surface area contributed by atoms with Crippen LogP contribution in [0.3, 0.4) is 0 Å². The van der Waals surface area contributed by atoms with E-state index in [-0.39, 0.29) is 22.5 Å². The standard InChI is InChI=1S/C30H33N3O6S2/c1-29(2)23-18-21(20-31)12-14-25(23)32-27(29)10-6-5-7-11-28-30(3,4)24-19-22(41(37,38)39)13-15-26(24)33(28)16-8-9-17-40(34,35)36/h5-7,11-15,18-19H,8-10,16-17H2,1-4H3,(H-,34,35,36,37,38,39)/p+1/b6-5+,11-7+. The maximum atomic E-state index is 11.8. The van der Waals surface area contributed by atoms with Crippen LogP contribution in [0.25, 0.3) is 0 Å². The van der Waals surface area contributed by atoms with Gasteiger partial charge in [-0.25, -0.2) is 0 Å². The van der Waals surface area contributed by atoms with Crippen molar-refractivity contribution in [1.82, 2.24) is 0 Å². The molecule has 0 amide bonds. The highest BCUT2D eigenvalue weighted by molar-refractivity contribution is 7.86. The maximum absolute atomic E-state index is 11.8. The van der Waals surface area contributed by atoms with Crippen molar-refractivity contribution < 1.29 is 30.5 Å². The molecule has 2 aromatic carbocycles. The van der Waals surface area contributed by atoms with E-state index >= 15 is 0 Å². The lowest BCUT2D eigenvalue weighted by Crippen LogP contribution is -2.28. The molecule has 2 N–H and O–H groups in total. The fourth-order valence-electron chi connectivity index (χ4n) is 5.46. The first-order valence-corrected chi connectivity index (χ1v) is 16.3. The highest BCUT2D eigenvalue weighted by Gasteiger charge is 2.44. The van der Waals surface area contributed by atoms with Crippen LogP contribution in [-0.2, 0) is 31.1 Å². The minimum absolute atomic E-state index is 0.191. The second-order valence-corrected chi connectivity index (χ2v) is 14.3. The van der Waals surface area contributed by atoms with Gasteiger partial charge in [0.05, 0.1) is 33.4 Å². The van der Waals surface area contributed by atoms with Gasteiger partial charge in [-0.1, -0.05) is 32.1 Å². The Morgan fingerprint density at radius 2 is 1.68 bits per heavy atom. The number of benzene rings is 2. The molecule has 2 heterocycles. The van der Waals surface area contributed by atoms with Crippen LogP contribution in [0.4, 0.5) is 11.4 Å². The van der Waals surface area contributed by atoms with Gasteiger partial charge in [0.1, 0.15) is 6.54 Å². The number of allylic oxidation sites excluding steroid dienone is 4. The Balaban J connectivity index is 1.58.